The number of carboxylic acid groups (broad SMARTS) is 1. The molecule has 1 aromatic heterocycles. The molecular weight excluding hydrogens is 192 g/mol. The van der Waals surface area contributed by atoms with Crippen LogP contribution in [0.15, 0.2) is 24.4 Å². The van der Waals surface area contributed by atoms with Gasteiger partial charge in [0.05, 0.1) is 12.1 Å². The van der Waals surface area contributed by atoms with Crippen molar-refractivity contribution in [2.75, 3.05) is 0 Å². The molecule has 0 aliphatic heterocycles. The summed E-state index contributed by atoms with van der Waals surface area (Å²) < 4.78 is 0. The number of pyridine rings is 1. The van der Waals surface area contributed by atoms with Crippen LogP contribution in [0.3, 0.4) is 0 Å². The molecule has 15 heavy (non-hydrogen) atoms. The second kappa shape index (κ2) is 5.46. The van der Waals surface area contributed by atoms with Crippen molar-refractivity contribution >= 4 is 5.97 Å². The van der Waals surface area contributed by atoms with Gasteiger partial charge in [0.25, 0.3) is 0 Å². The molecule has 2 N–H and O–H groups in total. The summed E-state index contributed by atoms with van der Waals surface area (Å²) >= 11 is 0. The molecule has 2 atom stereocenters. The van der Waals surface area contributed by atoms with E-state index in [2.05, 4.69) is 10.3 Å². The second-order valence-electron chi connectivity index (χ2n) is 3.64. The molecule has 0 saturated carbocycles. The first-order chi connectivity index (χ1) is 7.09. The highest BCUT2D eigenvalue weighted by molar-refractivity contribution is 5.67. The summed E-state index contributed by atoms with van der Waals surface area (Å²) in [4.78, 5) is 14.7. The highest BCUT2D eigenvalue weighted by Crippen LogP contribution is 2.09. The van der Waals surface area contributed by atoms with Crippen molar-refractivity contribution in [1.82, 2.24) is 10.3 Å². The van der Waals surface area contributed by atoms with Crippen molar-refractivity contribution in [3.05, 3.63) is 30.1 Å². The second-order valence-corrected chi connectivity index (χ2v) is 3.64. The van der Waals surface area contributed by atoms with Gasteiger partial charge >= 0.3 is 5.97 Å². The van der Waals surface area contributed by atoms with Crippen LogP contribution in [0.1, 0.15) is 32.0 Å². The van der Waals surface area contributed by atoms with E-state index in [4.69, 9.17) is 5.11 Å². The number of aliphatic carboxylic acids is 1. The molecule has 0 fully saturated rings. The number of rotatable bonds is 5. The summed E-state index contributed by atoms with van der Waals surface area (Å²) in [5, 5.41) is 11.8. The third kappa shape index (κ3) is 4.08. The molecule has 1 rings (SSSR count). The zero-order valence-electron chi connectivity index (χ0n) is 8.97. The third-order valence-electron chi connectivity index (χ3n) is 2.15. The molecule has 0 spiro atoms. The predicted molar refractivity (Wildman–Crippen MR) is 57.5 cm³/mol. The highest BCUT2D eigenvalue weighted by atomic mass is 16.4. The number of nitrogens with zero attached hydrogens (tertiary/aromatic N) is 1. The van der Waals surface area contributed by atoms with Crippen molar-refractivity contribution in [2.24, 2.45) is 0 Å². The van der Waals surface area contributed by atoms with Crippen LogP contribution in [0.25, 0.3) is 0 Å². The van der Waals surface area contributed by atoms with Crippen LogP contribution in [0.4, 0.5) is 0 Å². The van der Waals surface area contributed by atoms with Crippen molar-refractivity contribution < 1.29 is 9.90 Å². The Kier molecular flexibility index (Phi) is 4.24. The van der Waals surface area contributed by atoms with E-state index in [1.807, 2.05) is 32.0 Å². The summed E-state index contributed by atoms with van der Waals surface area (Å²) in [5.74, 6) is -0.789. The standard InChI is InChI=1S/C11H16N2O2/c1-8(7-11(14)15)13-9(2)10-5-3-4-6-12-10/h3-6,8-9,13H,7H2,1-2H3,(H,14,15)/t8?,9-/m0/s1. The van der Waals surface area contributed by atoms with Crippen molar-refractivity contribution in [2.45, 2.75) is 32.4 Å². The summed E-state index contributed by atoms with van der Waals surface area (Å²) in [5.41, 5.74) is 0.926. The van der Waals surface area contributed by atoms with E-state index in [-0.39, 0.29) is 18.5 Å². The van der Waals surface area contributed by atoms with Crippen LogP contribution in [0, 0.1) is 0 Å². The Bertz CT molecular complexity index is 314. The average molecular weight is 208 g/mol. The topological polar surface area (TPSA) is 62.2 Å². The largest absolute Gasteiger partial charge is 0.481 e. The van der Waals surface area contributed by atoms with Gasteiger partial charge in [0, 0.05) is 18.3 Å². The maximum Gasteiger partial charge on any atom is 0.304 e. The molecule has 4 nitrogen and oxygen atoms in total. The predicted octanol–water partition coefficient (Wildman–Crippen LogP) is 1.60. The molecule has 1 aromatic rings. The van der Waals surface area contributed by atoms with Gasteiger partial charge in [-0.05, 0) is 26.0 Å². The minimum Gasteiger partial charge on any atom is -0.481 e. The Morgan fingerprint density at radius 3 is 2.80 bits per heavy atom. The molecule has 0 amide bonds. The molecule has 82 valence electrons. The SMILES string of the molecule is CC(CC(=O)O)N[C@@H](C)c1ccccn1. The fourth-order valence-electron chi connectivity index (χ4n) is 1.47. The van der Waals surface area contributed by atoms with E-state index in [1.54, 1.807) is 6.20 Å². The smallest absolute Gasteiger partial charge is 0.304 e. The van der Waals surface area contributed by atoms with Crippen LogP contribution < -0.4 is 5.32 Å². The molecule has 1 unspecified atom stereocenters. The number of carboxylic acids is 1. The Labute approximate surface area is 89.3 Å². The average Bonchev–Trinajstić information content (AvgIpc) is 2.17. The van der Waals surface area contributed by atoms with Gasteiger partial charge in [-0.2, -0.15) is 0 Å². The van der Waals surface area contributed by atoms with Crippen LogP contribution >= 0.6 is 0 Å². The van der Waals surface area contributed by atoms with Gasteiger partial charge in [-0.15, -0.1) is 0 Å². The monoisotopic (exact) mass is 208 g/mol. The fraction of sp³-hybridized carbons (Fsp3) is 0.455. The zero-order valence-corrected chi connectivity index (χ0v) is 8.97. The lowest BCUT2D eigenvalue weighted by atomic mass is 10.1. The van der Waals surface area contributed by atoms with Gasteiger partial charge < -0.3 is 10.4 Å². The molecule has 4 heteroatoms. The molecular formula is C11H16N2O2. The van der Waals surface area contributed by atoms with Gasteiger partial charge in [0.1, 0.15) is 0 Å². The number of aromatic nitrogens is 1. The van der Waals surface area contributed by atoms with Crippen LogP contribution in [0.2, 0.25) is 0 Å². The zero-order chi connectivity index (χ0) is 11.3. The number of hydrogen-bond donors (Lipinski definition) is 2. The van der Waals surface area contributed by atoms with Gasteiger partial charge in [0.2, 0.25) is 0 Å². The van der Waals surface area contributed by atoms with Gasteiger partial charge in [-0.1, -0.05) is 6.07 Å². The van der Waals surface area contributed by atoms with E-state index < -0.39 is 5.97 Å². The van der Waals surface area contributed by atoms with E-state index in [1.165, 1.54) is 0 Å². The molecule has 0 radical (unpaired) electrons. The van der Waals surface area contributed by atoms with E-state index >= 15 is 0 Å². The first kappa shape index (κ1) is 11.7. The quantitative estimate of drug-likeness (QED) is 0.771. The Hall–Kier alpha value is -1.42. The summed E-state index contributed by atoms with van der Waals surface area (Å²) in [6, 6.07) is 5.71. The minimum atomic E-state index is -0.789. The number of hydrogen-bond acceptors (Lipinski definition) is 3. The first-order valence-electron chi connectivity index (χ1n) is 4.98. The fourth-order valence-corrected chi connectivity index (χ4v) is 1.47. The molecule has 0 saturated heterocycles. The Morgan fingerprint density at radius 1 is 1.53 bits per heavy atom. The van der Waals surface area contributed by atoms with Crippen molar-refractivity contribution in [3.8, 4) is 0 Å². The van der Waals surface area contributed by atoms with Crippen LogP contribution in [0.5, 0.6) is 0 Å². The molecule has 0 aromatic carbocycles. The third-order valence-corrected chi connectivity index (χ3v) is 2.15. The summed E-state index contributed by atoms with van der Waals surface area (Å²) in [7, 11) is 0. The maximum absolute atomic E-state index is 10.5. The van der Waals surface area contributed by atoms with E-state index in [9.17, 15) is 4.79 Å². The molecule has 0 bridgehead atoms. The summed E-state index contributed by atoms with van der Waals surface area (Å²) in [6.07, 6.45) is 1.85. The maximum atomic E-state index is 10.5. The number of nitrogens with one attached hydrogen (secondary N) is 1. The molecule has 0 aliphatic rings. The minimum absolute atomic E-state index is 0.0560. The lowest BCUT2D eigenvalue weighted by Gasteiger charge is -2.17. The van der Waals surface area contributed by atoms with Gasteiger partial charge in [-0.25, -0.2) is 0 Å². The van der Waals surface area contributed by atoms with Gasteiger partial charge in [0.15, 0.2) is 0 Å². The lowest BCUT2D eigenvalue weighted by Crippen LogP contribution is -2.31. The molecule has 1 heterocycles. The lowest BCUT2D eigenvalue weighted by molar-refractivity contribution is -0.137. The van der Waals surface area contributed by atoms with Crippen LogP contribution in [-0.4, -0.2) is 22.1 Å². The Morgan fingerprint density at radius 2 is 2.27 bits per heavy atom. The van der Waals surface area contributed by atoms with Crippen molar-refractivity contribution in [1.29, 1.82) is 0 Å². The normalized spacial score (nSPS) is 14.5. The molecule has 0 aliphatic carbocycles. The highest BCUT2D eigenvalue weighted by Gasteiger charge is 2.12. The van der Waals surface area contributed by atoms with Crippen molar-refractivity contribution in [3.63, 3.8) is 0 Å². The summed E-state index contributed by atoms with van der Waals surface area (Å²) in [6.45, 7) is 3.83. The van der Waals surface area contributed by atoms with Gasteiger partial charge in [-0.3, -0.25) is 9.78 Å². The first-order valence-corrected chi connectivity index (χ1v) is 4.98. The number of carbonyl (C=O) groups is 1. The van der Waals surface area contributed by atoms with E-state index in [0.717, 1.165) is 5.69 Å². The van der Waals surface area contributed by atoms with Crippen LogP contribution in [-0.2, 0) is 4.79 Å². The Balaban J connectivity index is 2.49. The van der Waals surface area contributed by atoms with E-state index in [0.29, 0.717) is 0 Å².